The predicted molar refractivity (Wildman–Crippen MR) is 64.0 cm³/mol. The topological polar surface area (TPSA) is 49.5 Å². The highest BCUT2D eigenvalue weighted by molar-refractivity contribution is 5.47. The molecule has 0 heterocycles. The van der Waals surface area contributed by atoms with E-state index in [2.05, 4.69) is 0 Å². The second-order valence-corrected chi connectivity index (χ2v) is 4.11. The van der Waals surface area contributed by atoms with Crippen molar-refractivity contribution in [3.8, 4) is 0 Å². The van der Waals surface area contributed by atoms with Crippen molar-refractivity contribution in [3.63, 3.8) is 0 Å². The van der Waals surface area contributed by atoms with Crippen molar-refractivity contribution in [2.45, 2.75) is 26.0 Å². The molecule has 0 saturated carbocycles. The summed E-state index contributed by atoms with van der Waals surface area (Å²) in [5.74, 6) is 0. The maximum Gasteiger partial charge on any atom is 0.0686 e. The van der Waals surface area contributed by atoms with Crippen LogP contribution in [0.2, 0.25) is 0 Å². The molecule has 0 amide bonds. The monoisotopic (exact) mass is 208 g/mol. The average Bonchev–Trinajstić information content (AvgIpc) is 2.17. The number of likely N-dealkylation sites (N-methyl/N-ethyl adjacent to an activating group) is 1. The highest BCUT2D eigenvalue weighted by Gasteiger charge is 2.05. The van der Waals surface area contributed by atoms with E-state index in [-0.39, 0.29) is 12.1 Å². The first-order valence-corrected chi connectivity index (χ1v) is 5.25. The van der Waals surface area contributed by atoms with E-state index in [4.69, 9.17) is 5.73 Å². The predicted octanol–water partition coefficient (Wildman–Crippen LogP) is 1.52. The van der Waals surface area contributed by atoms with Gasteiger partial charge in [0.1, 0.15) is 0 Å². The molecule has 1 rings (SSSR count). The summed E-state index contributed by atoms with van der Waals surface area (Å²) in [4.78, 5) is 2.02. The van der Waals surface area contributed by atoms with Crippen LogP contribution in [-0.4, -0.2) is 24.8 Å². The van der Waals surface area contributed by atoms with Crippen LogP contribution in [0.5, 0.6) is 0 Å². The van der Waals surface area contributed by atoms with Gasteiger partial charge in [-0.3, -0.25) is 0 Å². The van der Waals surface area contributed by atoms with E-state index in [1.165, 1.54) is 0 Å². The van der Waals surface area contributed by atoms with E-state index in [1.807, 2.05) is 43.1 Å². The molecule has 0 aliphatic carbocycles. The molecular weight excluding hydrogens is 188 g/mol. The summed E-state index contributed by atoms with van der Waals surface area (Å²) in [6.45, 7) is 4.39. The third-order valence-electron chi connectivity index (χ3n) is 2.40. The number of aliphatic hydroxyl groups excluding tert-OH is 1. The lowest BCUT2D eigenvalue weighted by atomic mass is 10.1. The number of rotatable bonds is 4. The number of nitrogens with zero attached hydrogens (tertiary/aromatic N) is 1. The van der Waals surface area contributed by atoms with Crippen LogP contribution in [0, 0.1) is 0 Å². The minimum atomic E-state index is -0.317. The van der Waals surface area contributed by atoms with Crippen LogP contribution in [0.4, 0.5) is 5.69 Å². The van der Waals surface area contributed by atoms with Crippen LogP contribution < -0.4 is 10.6 Å². The van der Waals surface area contributed by atoms with E-state index in [0.717, 1.165) is 11.3 Å². The maximum absolute atomic E-state index is 9.27. The van der Waals surface area contributed by atoms with Gasteiger partial charge in [-0.15, -0.1) is 0 Å². The molecule has 1 unspecified atom stereocenters. The van der Waals surface area contributed by atoms with Gasteiger partial charge < -0.3 is 15.7 Å². The zero-order valence-electron chi connectivity index (χ0n) is 9.64. The lowest BCUT2D eigenvalue weighted by molar-refractivity contribution is 0.201. The van der Waals surface area contributed by atoms with E-state index in [1.54, 1.807) is 6.92 Å². The van der Waals surface area contributed by atoms with Crippen LogP contribution in [-0.2, 0) is 0 Å². The van der Waals surface area contributed by atoms with Crippen LogP contribution in [0.25, 0.3) is 0 Å². The number of hydrogen-bond acceptors (Lipinski definition) is 3. The summed E-state index contributed by atoms with van der Waals surface area (Å²) in [7, 11) is 1.97. The number of anilines is 1. The van der Waals surface area contributed by atoms with Gasteiger partial charge in [0.25, 0.3) is 0 Å². The summed E-state index contributed by atoms with van der Waals surface area (Å²) in [6, 6.07) is 8.18. The zero-order chi connectivity index (χ0) is 11.4. The smallest absolute Gasteiger partial charge is 0.0686 e. The molecule has 3 N–H and O–H groups in total. The number of aliphatic hydroxyl groups is 1. The SMILES string of the molecule is CC(O)CN(C)c1ccc([C@@H](C)N)cc1. The Hall–Kier alpha value is -1.06. The van der Waals surface area contributed by atoms with Gasteiger partial charge in [0.05, 0.1) is 6.10 Å². The van der Waals surface area contributed by atoms with Gasteiger partial charge in [0, 0.05) is 25.3 Å². The first-order valence-electron chi connectivity index (χ1n) is 5.25. The van der Waals surface area contributed by atoms with Crippen molar-refractivity contribution in [2.24, 2.45) is 5.73 Å². The number of benzene rings is 1. The van der Waals surface area contributed by atoms with Gasteiger partial charge in [-0.1, -0.05) is 12.1 Å². The van der Waals surface area contributed by atoms with Crippen molar-refractivity contribution in [3.05, 3.63) is 29.8 Å². The summed E-state index contributed by atoms with van der Waals surface area (Å²) in [5.41, 5.74) is 7.99. The largest absolute Gasteiger partial charge is 0.392 e. The molecule has 3 nitrogen and oxygen atoms in total. The summed E-state index contributed by atoms with van der Waals surface area (Å²) in [5, 5.41) is 9.27. The summed E-state index contributed by atoms with van der Waals surface area (Å²) < 4.78 is 0. The van der Waals surface area contributed by atoms with Gasteiger partial charge in [-0.05, 0) is 31.5 Å². The third kappa shape index (κ3) is 3.53. The first-order chi connectivity index (χ1) is 7.00. The molecule has 0 spiro atoms. The van der Waals surface area contributed by atoms with Gasteiger partial charge >= 0.3 is 0 Å². The van der Waals surface area contributed by atoms with E-state index >= 15 is 0 Å². The Balaban J connectivity index is 2.71. The van der Waals surface area contributed by atoms with Crippen LogP contribution in [0.15, 0.2) is 24.3 Å². The fourth-order valence-electron chi connectivity index (χ4n) is 1.53. The van der Waals surface area contributed by atoms with Crippen molar-refractivity contribution in [1.29, 1.82) is 0 Å². The molecular formula is C12H20N2O. The Morgan fingerprint density at radius 1 is 1.27 bits per heavy atom. The van der Waals surface area contributed by atoms with Crippen LogP contribution >= 0.6 is 0 Å². The molecule has 0 bridgehead atoms. The molecule has 1 aromatic carbocycles. The number of hydrogen-bond donors (Lipinski definition) is 2. The molecule has 1 aromatic rings. The Kier molecular flexibility index (Phi) is 4.12. The first kappa shape index (κ1) is 12.0. The van der Waals surface area contributed by atoms with E-state index in [9.17, 15) is 5.11 Å². The van der Waals surface area contributed by atoms with Crippen LogP contribution in [0.3, 0.4) is 0 Å². The second-order valence-electron chi connectivity index (χ2n) is 4.11. The van der Waals surface area contributed by atoms with Crippen molar-refractivity contribution < 1.29 is 5.11 Å². The molecule has 0 saturated heterocycles. The second kappa shape index (κ2) is 5.14. The fraction of sp³-hybridized carbons (Fsp3) is 0.500. The minimum absolute atomic E-state index is 0.0705. The van der Waals surface area contributed by atoms with Gasteiger partial charge in [0.15, 0.2) is 0 Å². The van der Waals surface area contributed by atoms with Crippen LogP contribution in [0.1, 0.15) is 25.5 Å². The van der Waals surface area contributed by atoms with Crippen molar-refractivity contribution >= 4 is 5.69 Å². The Morgan fingerprint density at radius 3 is 2.20 bits per heavy atom. The molecule has 0 fully saturated rings. The molecule has 15 heavy (non-hydrogen) atoms. The lowest BCUT2D eigenvalue weighted by Gasteiger charge is -2.21. The third-order valence-corrected chi connectivity index (χ3v) is 2.40. The Bertz CT molecular complexity index is 293. The molecule has 0 radical (unpaired) electrons. The normalized spacial score (nSPS) is 14.7. The van der Waals surface area contributed by atoms with Gasteiger partial charge in [-0.2, -0.15) is 0 Å². The van der Waals surface area contributed by atoms with Gasteiger partial charge in [-0.25, -0.2) is 0 Å². The fourth-order valence-corrected chi connectivity index (χ4v) is 1.53. The van der Waals surface area contributed by atoms with E-state index in [0.29, 0.717) is 6.54 Å². The molecule has 3 heteroatoms. The Labute approximate surface area is 91.5 Å². The zero-order valence-corrected chi connectivity index (χ0v) is 9.64. The molecule has 0 aliphatic rings. The molecule has 0 aromatic heterocycles. The van der Waals surface area contributed by atoms with E-state index < -0.39 is 0 Å². The maximum atomic E-state index is 9.27. The summed E-state index contributed by atoms with van der Waals surface area (Å²) >= 11 is 0. The minimum Gasteiger partial charge on any atom is -0.392 e. The van der Waals surface area contributed by atoms with Crippen molar-refractivity contribution in [1.82, 2.24) is 0 Å². The average molecular weight is 208 g/mol. The van der Waals surface area contributed by atoms with Gasteiger partial charge in [0.2, 0.25) is 0 Å². The lowest BCUT2D eigenvalue weighted by Crippen LogP contribution is -2.26. The highest BCUT2D eigenvalue weighted by atomic mass is 16.3. The molecule has 0 aliphatic heterocycles. The molecule has 84 valence electrons. The van der Waals surface area contributed by atoms with Crippen molar-refractivity contribution in [2.75, 3.05) is 18.5 Å². The quantitative estimate of drug-likeness (QED) is 0.788. The molecule has 2 atom stereocenters. The summed E-state index contributed by atoms with van der Waals surface area (Å²) in [6.07, 6.45) is -0.317. The number of nitrogens with two attached hydrogens (primary N) is 1. The standard InChI is InChI=1S/C12H20N2O/c1-9(15)8-14(3)12-6-4-11(5-7-12)10(2)13/h4-7,9-10,15H,8,13H2,1-3H3/t9?,10-/m1/s1. The highest BCUT2D eigenvalue weighted by Crippen LogP contribution is 2.17. The Morgan fingerprint density at radius 2 is 1.80 bits per heavy atom.